The first-order valence-electron chi connectivity index (χ1n) is 14.0. The van der Waals surface area contributed by atoms with Crippen LogP contribution in [0.15, 0.2) is 64.4 Å². The van der Waals surface area contributed by atoms with Crippen molar-refractivity contribution in [2.24, 2.45) is 11.7 Å². The van der Waals surface area contributed by atoms with E-state index in [1.807, 2.05) is 24.5 Å². The normalized spacial score (nSPS) is 18.2. The maximum Gasteiger partial charge on any atom is 0.332 e. The maximum absolute atomic E-state index is 13.8. The van der Waals surface area contributed by atoms with Gasteiger partial charge < -0.3 is 15.5 Å². The first-order chi connectivity index (χ1) is 19.0. The van der Waals surface area contributed by atoms with Crippen molar-refractivity contribution in [3.63, 3.8) is 0 Å². The number of pyridine rings is 1. The van der Waals surface area contributed by atoms with Gasteiger partial charge in [0, 0.05) is 62.9 Å². The lowest BCUT2D eigenvalue weighted by Crippen LogP contribution is -2.48. The molecule has 0 bridgehead atoms. The predicted octanol–water partition coefficient (Wildman–Crippen LogP) is 2.95. The Morgan fingerprint density at radius 1 is 0.974 bits per heavy atom. The third kappa shape index (κ3) is 6.40. The highest BCUT2D eigenvalue weighted by molar-refractivity contribution is 5.45. The molecule has 2 saturated heterocycles. The SMILES string of the molecule is N#Cc1cccc(Cn2c(N3CCC[C@@H](N)C3)cc(=O)n(CCCC3CCN(c4ccncc4)CC3)c2=O)c1. The summed E-state index contributed by atoms with van der Waals surface area (Å²) in [5.41, 5.74) is 8.28. The third-order valence-corrected chi connectivity index (χ3v) is 8.07. The smallest absolute Gasteiger partial charge is 0.332 e. The molecule has 0 aliphatic carbocycles. The van der Waals surface area contributed by atoms with Gasteiger partial charge in [0.05, 0.1) is 18.2 Å². The summed E-state index contributed by atoms with van der Waals surface area (Å²) in [6.07, 6.45) is 9.49. The Kier molecular flexibility index (Phi) is 8.42. The van der Waals surface area contributed by atoms with E-state index in [9.17, 15) is 14.9 Å². The van der Waals surface area contributed by atoms with E-state index in [0.717, 1.165) is 63.7 Å². The molecule has 4 heterocycles. The van der Waals surface area contributed by atoms with Crippen LogP contribution in [0.1, 0.15) is 49.7 Å². The number of hydrogen-bond acceptors (Lipinski definition) is 7. The second-order valence-electron chi connectivity index (χ2n) is 10.8. The molecule has 2 aliphatic heterocycles. The van der Waals surface area contributed by atoms with Crippen molar-refractivity contribution in [2.75, 3.05) is 36.0 Å². The molecular weight excluding hydrogens is 490 g/mol. The fourth-order valence-electron chi connectivity index (χ4n) is 5.93. The molecule has 2 aromatic heterocycles. The average Bonchev–Trinajstić information content (AvgIpc) is 2.97. The van der Waals surface area contributed by atoms with E-state index in [1.54, 1.807) is 22.8 Å². The van der Waals surface area contributed by atoms with Crippen molar-refractivity contribution >= 4 is 11.5 Å². The molecular formula is C30H37N7O2. The fraction of sp³-hybridized carbons (Fsp3) is 0.467. The van der Waals surface area contributed by atoms with Crippen LogP contribution in [0.5, 0.6) is 0 Å². The number of benzene rings is 1. The van der Waals surface area contributed by atoms with Crippen LogP contribution >= 0.6 is 0 Å². The summed E-state index contributed by atoms with van der Waals surface area (Å²) in [7, 11) is 0. The molecule has 5 rings (SSSR count). The predicted molar refractivity (Wildman–Crippen MR) is 153 cm³/mol. The number of nitriles is 1. The van der Waals surface area contributed by atoms with Gasteiger partial charge in [-0.25, -0.2) is 4.79 Å². The highest BCUT2D eigenvalue weighted by atomic mass is 16.2. The summed E-state index contributed by atoms with van der Waals surface area (Å²) in [4.78, 5) is 35.5. The lowest BCUT2D eigenvalue weighted by Gasteiger charge is -2.34. The van der Waals surface area contributed by atoms with Crippen LogP contribution in [0.25, 0.3) is 0 Å². The Morgan fingerprint density at radius 2 is 1.77 bits per heavy atom. The number of anilines is 2. The van der Waals surface area contributed by atoms with Crippen molar-refractivity contribution in [1.29, 1.82) is 5.26 Å². The Morgan fingerprint density at radius 3 is 2.51 bits per heavy atom. The maximum atomic E-state index is 13.8. The zero-order valence-corrected chi connectivity index (χ0v) is 22.4. The van der Waals surface area contributed by atoms with Crippen LogP contribution in [0.4, 0.5) is 11.5 Å². The third-order valence-electron chi connectivity index (χ3n) is 8.07. The fourth-order valence-corrected chi connectivity index (χ4v) is 5.93. The monoisotopic (exact) mass is 527 g/mol. The van der Waals surface area contributed by atoms with Crippen LogP contribution in [-0.2, 0) is 13.1 Å². The number of hydrogen-bond donors (Lipinski definition) is 1. The Hall–Kier alpha value is -3.90. The zero-order valence-electron chi connectivity index (χ0n) is 22.4. The second-order valence-corrected chi connectivity index (χ2v) is 10.8. The van der Waals surface area contributed by atoms with Crippen LogP contribution in [0.2, 0.25) is 0 Å². The van der Waals surface area contributed by atoms with Crippen molar-refractivity contribution < 1.29 is 0 Å². The lowest BCUT2D eigenvalue weighted by molar-refractivity contribution is 0.360. The first-order valence-corrected chi connectivity index (χ1v) is 14.0. The Labute approximate surface area is 229 Å². The summed E-state index contributed by atoms with van der Waals surface area (Å²) < 4.78 is 3.07. The molecule has 9 heteroatoms. The molecule has 0 spiro atoms. The van der Waals surface area contributed by atoms with Gasteiger partial charge in [-0.2, -0.15) is 5.26 Å². The summed E-state index contributed by atoms with van der Waals surface area (Å²) in [6, 6.07) is 15.2. The number of piperidine rings is 2. The summed E-state index contributed by atoms with van der Waals surface area (Å²) in [5, 5.41) is 9.34. The Balaban J connectivity index is 1.31. The molecule has 2 fully saturated rings. The van der Waals surface area contributed by atoms with Gasteiger partial charge in [-0.1, -0.05) is 12.1 Å². The number of nitrogens with two attached hydrogens (primary N) is 1. The quantitative estimate of drug-likeness (QED) is 0.479. The molecule has 0 radical (unpaired) electrons. The first kappa shape index (κ1) is 26.7. The van der Waals surface area contributed by atoms with Crippen molar-refractivity contribution in [2.45, 2.75) is 57.7 Å². The molecule has 1 aromatic carbocycles. The van der Waals surface area contributed by atoms with E-state index in [-0.39, 0.29) is 17.3 Å². The zero-order chi connectivity index (χ0) is 27.2. The molecule has 39 heavy (non-hydrogen) atoms. The van der Waals surface area contributed by atoms with Crippen LogP contribution < -0.4 is 26.8 Å². The number of nitrogens with zero attached hydrogens (tertiary/aromatic N) is 6. The molecule has 2 N–H and O–H groups in total. The largest absolute Gasteiger partial charge is 0.371 e. The minimum absolute atomic E-state index is 0.0108. The van der Waals surface area contributed by atoms with Gasteiger partial charge in [0.1, 0.15) is 5.82 Å². The van der Waals surface area contributed by atoms with Crippen molar-refractivity contribution in [3.05, 3.63) is 86.8 Å². The standard InChI is InChI=1S/C30H37N7O2/c31-20-24-4-1-5-25(18-24)21-37-28(35-14-3-7-26(32)22-35)19-29(38)36(30(37)39)15-2-6-23-10-16-34(17-11-23)27-8-12-33-13-9-27/h1,4-5,8-9,12-13,18-19,23,26H,2-3,6-7,10-11,14-17,21-22,32H2/t26-/m1/s1. The molecule has 9 nitrogen and oxygen atoms in total. The summed E-state index contributed by atoms with van der Waals surface area (Å²) in [5.74, 6) is 1.20. The van der Waals surface area contributed by atoms with Gasteiger partial charge in [0.2, 0.25) is 0 Å². The molecule has 3 aromatic rings. The van der Waals surface area contributed by atoms with Gasteiger partial charge in [-0.05, 0) is 74.3 Å². The molecule has 0 amide bonds. The van der Waals surface area contributed by atoms with Crippen LogP contribution in [-0.4, -0.2) is 46.3 Å². The van der Waals surface area contributed by atoms with Gasteiger partial charge in [0.25, 0.3) is 5.56 Å². The molecule has 2 aliphatic rings. The van der Waals surface area contributed by atoms with E-state index in [0.29, 0.717) is 36.9 Å². The van der Waals surface area contributed by atoms with E-state index in [1.165, 1.54) is 10.3 Å². The highest BCUT2D eigenvalue weighted by Crippen LogP contribution is 2.26. The van der Waals surface area contributed by atoms with Crippen molar-refractivity contribution in [3.8, 4) is 6.07 Å². The summed E-state index contributed by atoms with van der Waals surface area (Å²) in [6.45, 7) is 4.08. The number of aromatic nitrogens is 3. The average molecular weight is 528 g/mol. The van der Waals surface area contributed by atoms with Gasteiger partial charge in [0.15, 0.2) is 0 Å². The van der Waals surface area contributed by atoms with E-state index in [2.05, 4.69) is 33.0 Å². The molecule has 0 unspecified atom stereocenters. The van der Waals surface area contributed by atoms with E-state index >= 15 is 0 Å². The lowest BCUT2D eigenvalue weighted by atomic mass is 9.92. The molecule has 1 atom stereocenters. The van der Waals surface area contributed by atoms with Gasteiger partial charge in [-0.3, -0.25) is 18.9 Å². The Bertz CT molecular complexity index is 1420. The summed E-state index contributed by atoms with van der Waals surface area (Å²) >= 11 is 0. The molecule has 204 valence electrons. The van der Waals surface area contributed by atoms with E-state index in [4.69, 9.17) is 5.73 Å². The van der Waals surface area contributed by atoms with Crippen LogP contribution in [0.3, 0.4) is 0 Å². The van der Waals surface area contributed by atoms with E-state index < -0.39 is 0 Å². The topological polar surface area (TPSA) is 113 Å². The minimum Gasteiger partial charge on any atom is -0.371 e. The highest BCUT2D eigenvalue weighted by Gasteiger charge is 2.23. The minimum atomic E-state index is -0.300. The van der Waals surface area contributed by atoms with Crippen LogP contribution in [0, 0.1) is 17.2 Å². The number of rotatable bonds is 8. The van der Waals surface area contributed by atoms with Gasteiger partial charge in [-0.15, -0.1) is 0 Å². The van der Waals surface area contributed by atoms with Crippen molar-refractivity contribution in [1.82, 2.24) is 14.1 Å². The van der Waals surface area contributed by atoms with Gasteiger partial charge >= 0.3 is 5.69 Å². The second kappa shape index (κ2) is 12.3. The molecule has 0 saturated carbocycles.